The molecule has 1 aromatic heterocycles. The molecule has 0 bridgehead atoms. The molecular formula is C18H17NO3. The molecule has 0 fully saturated rings. The van der Waals surface area contributed by atoms with Crippen molar-refractivity contribution in [3.8, 4) is 5.75 Å². The van der Waals surface area contributed by atoms with Crippen LogP contribution in [0.3, 0.4) is 0 Å². The SMILES string of the molecule is Nc1cccc(CCCc2c(O)c3ccccc3oc2=O)c1. The zero-order valence-corrected chi connectivity index (χ0v) is 12.1. The van der Waals surface area contributed by atoms with Gasteiger partial charge in [-0.3, -0.25) is 0 Å². The third-order valence-corrected chi connectivity index (χ3v) is 3.72. The van der Waals surface area contributed by atoms with Crippen LogP contribution in [0.15, 0.2) is 57.7 Å². The Labute approximate surface area is 127 Å². The molecular weight excluding hydrogens is 278 g/mol. The Morgan fingerprint density at radius 2 is 1.86 bits per heavy atom. The van der Waals surface area contributed by atoms with E-state index in [-0.39, 0.29) is 5.75 Å². The lowest BCUT2D eigenvalue weighted by molar-refractivity contribution is 0.455. The van der Waals surface area contributed by atoms with Crippen LogP contribution in [0.25, 0.3) is 11.0 Å². The molecule has 3 aromatic rings. The summed E-state index contributed by atoms with van der Waals surface area (Å²) in [6.45, 7) is 0. The number of nitrogen functional groups attached to an aromatic ring is 1. The van der Waals surface area contributed by atoms with Crippen LogP contribution in [0.4, 0.5) is 5.69 Å². The van der Waals surface area contributed by atoms with Gasteiger partial charge < -0.3 is 15.3 Å². The monoisotopic (exact) mass is 295 g/mol. The minimum Gasteiger partial charge on any atom is -0.507 e. The lowest BCUT2D eigenvalue weighted by Crippen LogP contribution is -2.08. The van der Waals surface area contributed by atoms with Gasteiger partial charge in [-0.1, -0.05) is 24.3 Å². The molecule has 0 atom stereocenters. The molecule has 0 unspecified atom stereocenters. The van der Waals surface area contributed by atoms with Crippen LogP contribution in [0, 0.1) is 0 Å². The molecule has 4 nitrogen and oxygen atoms in total. The minimum atomic E-state index is -0.469. The molecule has 112 valence electrons. The van der Waals surface area contributed by atoms with E-state index in [9.17, 15) is 9.90 Å². The highest BCUT2D eigenvalue weighted by Gasteiger charge is 2.13. The Morgan fingerprint density at radius 1 is 1.05 bits per heavy atom. The summed E-state index contributed by atoms with van der Waals surface area (Å²) in [4.78, 5) is 12.0. The molecule has 0 aliphatic rings. The van der Waals surface area contributed by atoms with Crippen molar-refractivity contribution in [2.45, 2.75) is 19.3 Å². The molecule has 4 heteroatoms. The smallest absolute Gasteiger partial charge is 0.343 e. The van der Waals surface area contributed by atoms with E-state index in [2.05, 4.69) is 0 Å². The molecule has 3 rings (SSSR count). The highest BCUT2D eigenvalue weighted by molar-refractivity contribution is 5.83. The van der Waals surface area contributed by atoms with Gasteiger partial charge in [0.25, 0.3) is 0 Å². The fourth-order valence-corrected chi connectivity index (χ4v) is 2.61. The Hall–Kier alpha value is -2.75. The highest BCUT2D eigenvalue weighted by atomic mass is 16.4. The second-order valence-electron chi connectivity index (χ2n) is 5.31. The van der Waals surface area contributed by atoms with Crippen LogP contribution in [0.5, 0.6) is 5.75 Å². The van der Waals surface area contributed by atoms with Gasteiger partial charge in [0.05, 0.1) is 10.9 Å². The zero-order valence-electron chi connectivity index (χ0n) is 12.1. The van der Waals surface area contributed by atoms with Gasteiger partial charge in [0, 0.05) is 5.69 Å². The van der Waals surface area contributed by atoms with Crippen LogP contribution >= 0.6 is 0 Å². The predicted molar refractivity (Wildman–Crippen MR) is 87.0 cm³/mol. The number of aryl methyl sites for hydroxylation is 1. The number of para-hydroxylation sites is 1. The topological polar surface area (TPSA) is 76.5 Å². The van der Waals surface area contributed by atoms with Crippen LogP contribution in [0.1, 0.15) is 17.5 Å². The first-order chi connectivity index (χ1) is 10.6. The number of anilines is 1. The Morgan fingerprint density at radius 3 is 2.68 bits per heavy atom. The van der Waals surface area contributed by atoms with Crippen molar-refractivity contribution in [1.82, 2.24) is 0 Å². The molecule has 0 amide bonds. The summed E-state index contributed by atoms with van der Waals surface area (Å²) in [6.07, 6.45) is 1.99. The Kier molecular flexibility index (Phi) is 3.83. The van der Waals surface area contributed by atoms with Gasteiger partial charge in [-0.25, -0.2) is 4.79 Å². The maximum atomic E-state index is 12.0. The second kappa shape index (κ2) is 5.93. The van der Waals surface area contributed by atoms with E-state index in [0.29, 0.717) is 23.0 Å². The number of fused-ring (bicyclic) bond motifs is 1. The van der Waals surface area contributed by atoms with Crippen LogP contribution in [-0.2, 0) is 12.8 Å². The standard InChI is InChI=1S/C18H17NO3/c19-13-7-3-5-12(11-13)6-4-9-15-17(20)14-8-1-2-10-16(14)22-18(15)21/h1-3,5,7-8,10-11,20H,4,6,9,19H2. The zero-order chi connectivity index (χ0) is 15.5. The number of hydrogen-bond acceptors (Lipinski definition) is 4. The van der Waals surface area contributed by atoms with Gasteiger partial charge in [0.2, 0.25) is 0 Å². The van der Waals surface area contributed by atoms with Crippen molar-refractivity contribution in [2.75, 3.05) is 5.73 Å². The number of aromatic hydroxyl groups is 1. The van der Waals surface area contributed by atoms with Crippen molar-refractivity contribution in [3.63, 3.8) is 0 Å². The van der Waals surface area contributed by atoms with Crippen LogP contribution in [0.2, 0.25) is 0 Å². The maximum absolute atomic E-state index is 12.0. The molecule has 0 spiro atoms. The van der Waals surface area contributed by atoms with Crippen LogP contribution < -0.4 is 11.4 Å². The van der Waals surface area contributed by atoms with Gasteiger partial charge >= 0.3 is 5.63 Å². The van der Waals surface area contributed by atoms with E-state index in [0.717, 1.165) is 24.1 Å². The van der Waals surface area contributed by atoms with E-state index in [1.54, 1.807) is 24.3 Å². The highest BCUT2D eigenvalue weighted by Crippen LogP contribution is 2.26. The lowest BCUT2D eigenvalue weighted by Gasteiger charge is -2.06. The van der Waals surface area contributed by atoms with Gasteiger partial charge in [0.15, 0.2) is 0 Å². The summed E-state index contributed by atoms with van der Waals surface area (Å²) in [5, 5.41) is 10.9. The van der Waals surface area contributed by atoms with Crippen molar-refractivity contribution in [1.29, 1.82) is 0 Å². The van der Waals surface area contributed by atoms with Gasteiger partial charge in [0.1, 0.15) is 11.3 Å². The van der Waals surface area contributed by atoms with Crippen molar-refractivity contribution < 1.29 is 9.52 Å². The normalized spacial score (nSPS) is 10.9. The molecule has 3 N–H and O–H groups in total. The maximum Gasteiger partial charge on any atom is 0.343 e. The summed E-state index contributed by atoms with van der Waals surface area (Å²) >= 11 is 0. The predicted octanol–water partition coefficient (Wildman–Crippen LogP) is 3.26. The summed E-state index contributed by atoms with van der Waals surface area (Å²) in [5.41, 5.74) is 7.86. The molecule has 1 heterocycles. The molecule has 0 saturated heterocycles. The molecule has 2 aromatic carbocycles. The van der Waals surface area contributed by atoms with E-state index < -0.39 is 5.63 Å². The van der Waals surface area contributed by atoms with E-state index >= 15 is 0 Å². The molecule has 0 aliphatic heterocycles. The summed E-state index contributed by atoms with van der Waals surface area (Å²) in [6, 6.07) is 14.7. The quantitative estimate of drug-likeness (QED) is 0.572. The molecule has 0 aliphatic carbocycles. The molecule has 0 saturated carbocycles. The number of rotatable bonds is 4. The first-order valence-electron chi connectivity index (χ1n) is 7.23. The fraction of sp³-hybridized carbons (Fsp3) is 0.167. The van der Waals surface area contributed by atoms with Crippen LogP contribution in [-0.4, -0.2) is 5.11 Å². The number of nitrogens with two attached hydrogens (primary N) is 1. The first-order valence-corrected chi connectivity index (χ1v) is 7.23. The summed E-state index contributed by atoms with van der Waals surface area (Å²) in [5.74, 6) is 0.0272. The fourth-order valence-electron chi connectivity index (χ4n) is 2.61. The van der Waals surface area contributed by atoms with Crippen molar-refractivity contribution in [3.05, 3.63) is 70.1 Å². The van der Waals surface area contributed by atoms with E-state index in [4.69, 9.17) is 10.2 Å². The van der Waals surface area contributed by atoms with E-state index in [1.165, 1.54) is 0 Å². The Balaban J connectivity index is 1.81. The van der Waals surface area contributed by atoms with Gasteiger partial charge in [-0.05, 0) is 49.1 Å². The van der Waals surface area contributed by atoms with Gasteiger partial charge in [-0.15, -0.1) is 0 Å². The third kappa shape index (κ3) is 2.81. The summed E-state index contributed by atoms with van der Waals surface area (Å²) < 4.78 is 5.26. The van der Waals surface area contributed by atoms with Crippen molar-refractivity contribution in [2.24, 2.45) is 0 Å². The molecule has 22 heavy (non-hydrogen) atoms. The Bertz CT molecular complexity index is 868. The second-order valence-corrected chi connectivity index (χ2v) is 5.31. The lowest BCUT2D eigenvalue weighted by atomic mass is 10.0. The number of benzene rings is 2. The largest absolute Gasteiger partial charge is 0.507 e. The minimum absolute atomic E-state index is 0.0272. The van der Waals surface area contributed by atoms with Gasteiger partial charge in [-0.2, -0.15) is 0 Å². The first kappa shape index (κ1) is 14.2. The third-order valence-electron chi connectivity index (χ3n) is 3.72. The van der Waals surface area contributed by atoms with E-state index in [1.807, 2.05) is 24.3 Å². The van der Waals surface area contributed by atoms with Crippen molar-refractivity contribution >= 4 is 16.7 Å². The average Bonchev–Trinajstić information content (AvgIpc) is 2.51. The average molecular weight is 295 g/mol. The summed E-state index contributed by atoms with van der Waals surface area (Å²) in [7, 11) is 0. The number of hydrogen-bond donors (Lipinski definition) is 2. The molecule has 0 radical (unpaired) electrons.